The highest BCUT2D eigenvalue weighted by Gasteiger charge is 2.15. The Hall–Kier alpha value is -1.69. The fourth-order valence-electron chi connectivity index (χ4n) is 1.53. The van der Waals surface area contributed by atoms with E-state index in [9.17, 15) is 18.4 Å². The summed E-state index contributed by atoms with van der Waals surface area (Å²) in [7, 11) is 0. The summed E-state index contributed by atoms with van der Waals surface area (Å²) in [6.45, 7) is 1.73. The number of carbonyl (C=O) groups excluding carboxylic acids is 1. The predicted octanol–water partition coefficient (Wildman–Crippen LogP) is 2.85. The van der Waals surface area contributed by atoms with Gasteiger partial charge in [-0.2, -0.15) is 0 Å². The number of carbonyl (C=O) groups is 2. The number of amides is 1. The Bertz CT molecular complexity index is 523. The molecule has 7 heteroatoms. The second kappa shape index (κ2) is 7.19. The molecule has 0 aliphatic heterocycles. The quantitative estimate of drug-likeness (QED) is 0.627. The summed E-state index contributed by atoms with van der Waals surface area (Å²) >= 11 is 5.38. The molecule has 0 heterocycles. The molecule has 0 fully saturated rings. The van der Waals surface area contributed by atoms with Gasteiger partial charge >= 0.3 is 5.97 Å². The molecule has 1 rings (SSSR count). The Balaban J connectivity index is 2.52. The van der Waals surface area contributed by atoms with E-state index in [2.05, 4.69) is 5.32 Å². The van der Waals surface area contributed by atoms with Crippen LogP contribution in [0.25, 0.3) is 0 Å². The van der Waals surface area contributed by atoms with Gasteiger partial charge in [0.05, 0.1) is 16.5 Å². The average Bonchev–Trinajstić information content (AvgIpc) is 2.38. The Morgan fingerprint density at radius 1 is 1.35 bits per heavy atom. The molecular weight excluding hydrogens is 292 g/mol. The van der Waals surface area contributed by atoms with Crippen LogP contribution < -0.4 is 5.32 Å². The summed E-state index contributed by atoms with van der Waals surface area (Å²) in [5.41, 5.74) is -0.432. The van der Waals surface area contributed by atoms with Crippen molar-refractivity contribution in [2.24, 2.45) is 5.92 Å². The molecule has 0 aromatic heterocycles. The minimum absolute atomic E-state index is 0.181. The Labute approximate surface area is 119 Å². The molecule has 20 heavy (non-hydrogen) atoms. The number of nitrogens with one attached hydrogen (secondary N) is 1. The molecule has 2 N–H and O–H groups in total. The Kier molecular flexibility index (Phi) is 5.88. The van der Waals surface area contributed by atoms with Crippen molar-refractivity contribution in [3.63, 3.8) is 0 Å². The van der Waals surface area contributed by atoms with Gasteiger partial charge in [0.2, 0.25) is 0 Å². The molecular formula is C13H14ClF2NO3. The molecule has 0 aliphatic rings. The zero-order chi connectivity index (χ0) is 15.3. The van der Waals surface area contributed by atoms with E-state index in [1.54, 1.807) is 6.92 Å². The normalized spacial score (nSPS) is 12.0. The van der Waals surface area contributed by atoms with E-state index in [0.29, 0.717) is 12.8 Å². The molecule has 0 saturated heterocycles. The van der Waals surface area contributed by atoms with Crippen LogP contribution in [0.5, 0.6) is 0 Å². The zero-order valence-corrected chi connectivity index (χ0v) is 11.5. The number of carboxylic acids is 1. The predicted molar refractivity (Wildman–Crippen MR) is 69.7 cm³/mol. The molecule has 0 saturated carbocycles. The van der Waals surface area contributed by atoms with Gasteiger partial charge in [-0.05, 0) is 25.0 Å². The van der Waals surface area contributed by atoms with E-state index < -0.39 is 40.0 Å². The van der Waals surface area contributed by atoms with Crippen LogP contribution in [-0.2, 0) is 4.79 Å². The second-order valence-corrected chi connectivity index (χ2v) is 4.79. The van der Waals surface area contributed by atoms with E-state index in [-0.39, 0.29) is 6.54 Å². The van der Waals surface area contributed by atoms with Crippen molar-refractivity contribution < 1.29 is 23.5 Å². The summed E-state index contributed by atoms with van der Waals surface area (Å²) in [6.07, 6.45) is 0.809. The standard InChI is InChI=1S/C13H14ClF2NO3/c1-7(13(19)20)3-2-4-17-12(18)8-5-11(16)9(14)6-10(8)15/h5-7H,2-4H2,1H3,(H,17,18)(H,19,20). The maximum Gasteiger partial charge on any atom is 0.306 e. The molecule has 4 nitrogen and oxygen atoms in total. The van der Waals surface area contributed by atoms with Crippen LogP contribution in [0.1, 0.15) is 30.1 Å². The highest BCUT2D eigenvalue weighted by atomic mass is 35.5. The van der Waals surface area contributed by atoms with Crippen LogP contribution in [0.15, 0.2) is 12.1 Å². The van der Waals surface area contributed by atoms with Crippen molar-refractivity contribution in [1.29, 1.82) is 0 Å². The summed E-state index contributed by atoms with van der Waals surface area (Å²) in [5, 5.41) is 10.7. The third-order valence-corrected chi connectivity index (χ3v) is 3.07. The van der Waals surface area contributed by atoms with E-state index >= 15 is 0 Å². The Morgan fingerprint density at radius 2 is 2.00 bits per heavy atom. The molecule has 1 amide bonds. The smallest absolute Gasteiger partial charge is 0.306 e. The van der Waals surface area contributed by atoms with Crippen LogP contribution in [-0.4, -0.2) is 23.5 Å². The number of carboxylic acid groups (broad SMARTS) is 1. The molecule has 1 atom stereocenters. The number of hydrogen-bond acceptors (Lipinski definition) is 2. The van der Waals surface area contributed by atoms with Crippen molar-refractivity contribution >= 4 is 23.5 Å². The fraction of sp³-hybridized carbons (Fsp3) is 0.385. The molecule has 1 unspecified atom stereocenters. The molecule has 0 radical (unpaired) electrons. The lowest BCUT2D eigenvalue weighted by molar-refractivity contribution is -0.141. The number of aliphatic carboxylic acids is 1. The van der Waals surface area contributed by atoms with E-state index in [1.807, 2.05) is 0 Å². The number of halogens is 3. The lowest BCUT2D eigenvalue weighted by Gasteiger charge is -2.08. The van der Waals surface area contributed by atoms with Gasteiger partial charge in [0.1, 0.15) is 11.6 Å². The van der Waals surface area contributed by atoms with Gasteiger partial charge in [-0.3, -0.25) is 9.59 Å². The van der Waals surface area contributed by atoms with Gasteiger partial charge in [-0.1, -0.05) is 18.5 Å². The minimum atomic E-state index is -0.915. The van der Waals surface area contributed by atoms with Crippen molar-refractivity contribution in [2.45, 2.75) is 19.8 Å². The summed E-state index contributed by atoms with van der Waals surface area (Å²) in [4.78, 5) is 22.2. The van der Waals surface area contributed by atoms with E-state index in [1.165, 1.54) is 0 Å². The number of rotatable bonds is 6. The van der Waals surface area contributed by atoms with Crippen LogP contribution in [0, 0.1) is 17.6 Å². The first-order valence-corrected chi connectivity index (χ1v) is 6.36. The third kappa shape index (κ3) is 4.45. The van der Waals surface area contributed by atoms with Gasteiger partial charge in [0, 0.05) is 6.54 Å². The number of hydrogen-bond donors (Lipinski definition) is 2. The Morgan fingerprint density at radius 3 is 2.60 bits per heavy atom. The molecule has 0 aliphatic carbocycles. The summed E-state index contributed by atoms with van der Waals surface area (Å²) in [5.74, 6) is -3.98. The second-order valence-electron chi connectivity index (χ2n) is 4.38. The maximum atomic E-state index is 13.4. The molecule has 0 spiro atoms. The molecule has 0 bridgehead atoms. The summed E-state index contributed by atoms with van der Waals surface area (Å²) in [6, 6.07) is 1.46. The van der Waals surface area contributed by atoms with E-state index in [4.69, 9.17) is 16.7 Å². The van der Waals surface area contributed by atoms with Crippen molar-refractivity contribution in [3.8, 4) is 0 Å². The molecule has 110 valence electrons. The minimum Gasteiger partial charge on any atom is -0.481 e. The van der Waals surface area contributed by atoms with Gasteiger partial charge in [-0.15, -0.1) is 0 Å². The van der Waals surface area contributed by atoms with Crippen LogP contribution in [0.4, 0.5) is 8.78 Å². The molecule has 1 aromatic rings. The maximum absolute atomic E-state index is 13.4. The van der Waals surface area contributed by atoms with Gasteiger partial charge in [-0.25, -0.2) is 8.78 Å². The topological polar surface area (TPSA) is 66.4 Å². The first-order chi connectivity index (χ1) is 9.32. The van der Waals surface area contributed by atoms with Crippen LogP contribution in [0.3, 0.4) is 0 Å². The lowest BCUT2D eigenvalue weighted by atomic mass is 10.1. The van der Waals surface area contributed by atoms with Gasteiger partial charge in [0.15, 0.2) is 0 Å². The molecule has 1 aromatic carbocycles. The SMILES string of the molecule is CC(CCCNC(=O)c1cc(F)c(Cl)cc1F)C(=O)O. The lowest BCUT2D eigenvalue weighted by Crippen LogP contribution is -2.26. The van der Waals surface area contributed by atoms with Crippen molar-refractivity contribution in [2.75, 3.05) is 6.54 Å². The van der Waals surface area contributed by atoms with E-state index in [0.717, 1.165) is 12.1 Å². The highest BCUT2D eigenvalue weighted by Crippen LogP contribution is 2.19. The zero-order valence-electron chi connectivity index (χ0n) is 10.8. The van der Waals surface area contributed by atoms with Crippen LogP contribution in [0.2, 0.25) is 5.02 Å². The average molecular weight is 306 g/mol. The van der Waals surface area contributed by atoms with Gasteiger partial charge in [0.25, 0.3) is 5.91 Å². The van der Waals surface area contributed by atoms with Gasteiger partial charge < -0.3 is 10.4 Å². The van der Waals surface area contributed by atoms with Crippen molar-refractivity contribution in [3.05, 3.63) is 34.4 Å². The third-order valence-electron chi connectivity index (χ3n) is 2.78. The van der Waals surface area contributed by atoms with Crippen molar-refractivity contribution in [1.82, 2.24) is 5.32 Å². The first kappa shape index (κ1) is 16.4. The summed E-state index contributed by atoms with van der Waals surface area (Å²) < 4.78 is 26.6. The monoisotopic (exact) mass is 305 g/mol. The first-order valence-electron chi connectivity index (χ1n) is 5.98. The van der Waals surface area contributed by atoms with Crippen LogP contribution >= 0.6 is 11.6 Å². The fourth-order valence-corrected chi connectivity index (χ4v) is 1.68. The largest absolute Gasteiger partial charge is 0.481 e. The number of benzene rings is 1. The highest BCUT2D eigenvalue weighted by molar-refractivity contribution is 6.30.